The van der Waals surface area contributed by atoms with Crippen LogP contribution in [-0.2, 0) is 16.6 Å². The third-order valence-electron chi connectivity index (χ3n) is 11.1. The van der Waals surface area contributed by atoms with Crippen LogP contribution in [0.2, 0.25) is 0 Å². The fourth-order valence-corrected chi connectivity index (χ4v) is 7.92. The molecule has 290 valence electrons. The summed E-state index contributed by atoms with van der Waals surface area (Å²) in [6.45, 7) is 8.62. The molecule has 12 nitrogen and oxygen atoms in total. The van der Waals surface area contributed by atoms with E-state index in [1.54, 1.807) is 18.2 Å². The van der Waals surface area contributed by atoms with Crippen molar-refractivity contribution in [3.8, 4) is 22.8 Å². The number of nitrogens with zero attached hydrogens (tertiary/aromatic N) is 5. The van der Waals surface area contributed by atoms with Gasteiger partial charge >= 0.3 is 0 Å². The number of allylic oxidation sites excluding steroid dienone is 1. The number of nitrogens with one attached hydrogen (secondary N) is 1. The van der Waals surface area contributed by atoms with Crippen molar-refractivity contribution in [2.75, 3.05) is 39.5 Å². The first-order chi connectivity index (χ1) is 27.3. The maximum Gasteiger partial charge on any atom is 0.262 e. The largest absolute Gasteiger partial charge is 0.488 e. The molecule has 0 bridgehead atoms. The summed E-state index contributed by atoms with van der Waals surface area (Å²) in [6, 6.07) is 16.7. The summed E-state index contributed by atoms with van der Waals surface area (Å²) >= 11 is 0. The van der Waals surface area contributed by atoms with Gasteiger partial charge < -0.3 is 24.1 Å². The molecule has 0 aliphatic carbocycles. The molecule has 3 aromatic heterocycles. The Hall–Kier alpha value is -5.59. The maximum atomic E-state index is 13.1. The highest BCUT2D eigenvalue weighted by atomic mass is 16.5. The van der Waals surface area contributed by atoms with Crippen molar-refractivity contribution in [1.29, 1.82) is 0 Å². The first kappa shape index (κ1) is 37.3. The van der Waals surface area contributed by atoms with Crippen LogP contribution in [0.4, 0.5) is 0 Å². The Bertz CT molecular complexity index is 2260. The second kappa shape index (κ2) is 16.6. The highest BCUT2D eigenvalue weighted by molar-refractivity contribution is 6.23. The number of rotatable bonds is 17. The number of unbranched alkanes of at least 4 members (excludes halogenated alkanes) is 4. The van der Waals surface area contributed by atoms with Crippen molar-refractivity contribution in [2.45, 2.75) is 63.5 Å². The second-order valence-electron chi connectivity index (χ2n) is 15.0. The first-order valence-electron chi connectivity index (χ1n) is 19.7. The minimum Gasteiger partial charge on any atom is -0.488 e. The van der Waals surface area contributed by atoms with Crippen LogP contribution in [0.5, 0.6) is 11.6 Å². The number of aromatic nitrogens is 3. The molecule has 3 aliphatic heterocycles. The Balaban J connectivity index is 0.651. The van der Waals surface area contributed by atoms with Gasteiger partial charge in [-0.1, -0.05) is 18.7 Å². The number of benzene rings is 2. The van der Waals surface area contributed by atoms with Gasteiger partial charge in [0.2, 0.25) is 11.8 Å². The fourth-order valence-electron chi connectivity index (χ4n) is 7.92. The van der Waals surface area contributed by atoms with Crippen LogP contribution in [0.15, 0.2) is 85.5 Å². The summed E-state index contributed by atoms with van der Waals surface area (Å²) in [7, 11) is 2.09. The summed E-state index contributed by atoms with van der Waals surface area (Å²) in [5.74, 6) is -0.0476. The van der Waals surface area contributed by atoms with Gasteiger partial charge in [-0.15, -0.1) is 0 Å². The van der Waals surface area contributed by atoms with Gasteiger partial charge in [0.25, 0.3) is 11.8 Å². The molecule has 1 atom stereocenters. The lowest BCUT2D eigenvalue weighted by Crippen LogP contribution is -2.53. The van der Waals surface area contributed by atoms with Crippen molar-refractivity contribution >= 4 is 39.5 Å². The van der Waals surface area contributed by atoms with Gasteiger partial charge in [0.05, 0.1) is 23.3 Å². The number of piperidine rings is 1. The molecule has 3 amide bonds. The van der Waals surface area contributed by atoms with E-state index in [0.717, 1.165) is 92.8 Å². The van der Waals surface area contributed by atoms with Crippen molar-refractivity contribution in [3.05, 3.63) is 96.6 Å². The lowest BCUT2D eigenvalue weighted by Gasteiger charge is -2.39. The number of ether oxygens (including phenoxy) is 3. The molecule has 2 saturated heterocycles. The molecule has 1 unspecified atom stereocenters. The monoisotopic (exact) mass is 756 g/mol. The predicted molar refractivity (Wildman–Crippen MR) is 214 cm³/mol. The van der Waals surface area contributed by atoms with E-state index < -0.39 is 17.9 Å². The van der Waals surface area contributed by atoms with Crippen molar-refractivity contribution in [1.82, 2.24) is 29.7 Å². The van der Waals surface area contributed by atoms with Crippen LogP contribution in [0.25, 0.3) is 32.9 Å². The Labute approximate surface area is 326 Å². The van der Waals surface area contributed by atoms with E-state index >= 15 is 0 Å². The molecule has 8 rings (SSSR count). The highest BCUT2D eigenvalue weighted by Gasteiger charge is 2.44. The smallest absolute Gasteiger partial charge is 0.262 e. The van der Waals surface area contributed by atoms with Crippen LogP contribution >= 0.6 is 0 Å². The Kier molecular flexibility index (Phi) is 11.1. The zero-order valence-corrected chi connectivity index (χ0v) is 31.9. The molecule has 2 aromatic carbocycles. The average molecular weight is 757 g/mol. The van der Waals surface area contributed by atoms with Gasteiger partial charge in [0.15, 0.2) is 0 Å². The Morgan fingerprint density at radius 2 is 1.59 bits per heavy atom. The van der Waals surface area contributed by atoms with Gasteiger partial charge in [-0.25, -0.2) is 4.98 Å². The van der Waals surface area contributed by atoms with Gasteiger partial charge in [0, 0.05) is 85.6 Å². The van der Waals surface area contributed by atoms with Gasteiger partial charge in [-0.3, -0.25) is 29.2 Å². The van der Waals surface area contributed by atoms with Crippen molar-refractivity contribution in [2.24, 2.45) is 7.05 Å². The molecular weight excluding hydrogens is 709 g/mol. The number of pyridine rings is 2. The summed E-state index contributed by atoms with van der Waals surface area (Å²) in [5.41, 5.74) is 5.72. The van der Waals surface area contributed by atoms with E-state index in [1.807, 2.05) is 30.7 Å². The zero-order valence-electron chi connectivity index (χ0n) is 31.9. The fraction of sp³-hybridized carbons (Fsp3) is 0.386. The van der Waals surface area contributed by atoms with E-state index in [4.69, 9.17) is 14.2 Å². The molecule has 0 radical (unpaired) electrons. The summed E-state index contributed by atoms with van der Waals surface area (Å²) in [6.07, 6.45) is 12.9. The van der Waals surface area contributed by atoms with E-state index in [-0.39, 0.29) is 17.6 Å². The number of carbonyl (C=O) groups excluding carboxylic acids is 3. The number of amides is 3. The van der Waals surface area contributed by atoms with Crippen LogP contribution < -0.4 is 14.8 Å². The lowest BCUT2D eigenvalue weighted by atomic mass is 10.0. The Morgan fingerprint density at radius 3 is 2.39 bits per heavy atom. The molecule has 12 heteroatoms. The third kappa shape index (κ3) is 7.89. The van der Waals surface area contributed by atoms with Gasteiger partial charge in [-0.05, 0) is 99.9 Å². The maximum absolute atomic E-state index is 13.1. The number of hydrogen-bond donors (Lipinski definition) is 1. The molecule has 56 heavy (non-hydrogen) atoms. The normalized spacial score (nSPS) is 17.4. The molecular formula is C44H48N6O6. The van der Waals surface area contributed by atoms with E-state index in [2.05, 4.69) is 62.6 Å². The highest BCUT2D eigenvalue weighted by Crippen LogP contribution is 2.33. The number of hydrogen-bond acceptors (Lipinski definition) is 9. The lowest BCUT2D eigenvalue weighted by molar-refractivity contribution is -0.125. The molecule has 6 heterocycles. The van der Waals surface area contributed by atoms with Crippen molar-refractivity contribution in [3.63, 3.8) is 0 Å². The number of carbonyl (C=O) groups is 3. The second-order valence-corrected chi connectivity index (χ2v) is 15.0. The summed E-state index contributed by atoms with van der Waals surface area (Å²) in [4.78, 5) is 50.9. The van der Waals surface area contributed by atoms with E-state index in [9.17, 15) is 14.4 Å². The van der Waals surface area contributed by atoms with Crippen LogP contribution in [0, 0.1) is 0 Å². The van der Waals surface area contributed by atoms with Crippen LogP contribution in [-0.4, -0.2) is 93.7 Å². The molecule has 0 spiro atoms. The van der Waals surface area contributed by atoms with Crippen molar-refractivity contribution < 1.29 is 28.6 Å². The van der Waals surface area contributed by atoms with E-state index in [1.165, 1.54) is 16.4 Å². The van der Waals surface area contributed by atoms with Gasteiger partial charge in [-0.2, -0.15) is 0 Å². The summed E-state index contributed by atoms with van der Waals surface area (Å²) in [5, 5.41) is 5.02. The minimum absolute atomic E-state index is 0.0400. The van der Waals surface area contributed by atoms with E-state index in [0.29, 0.717) is 42.3 Å². The predicted octanol–water partition coefficient (Wildman–Crippen LogP) is 6.68. The molecule has 2 fully saturated rings. The third-order valence-corrected chi connectivity index (χ3v) is 11.1. The molecule has 3 aliphatic rings. The number of fused-ring (bicyclic) bond motifs is 4. The average Bonchev–Trinajstić information content (AvgIpc) is 3.62. The summed E-state index contributed by atoms with van der Waals surface area (Å²) < 4.78 is 20.1. The van der Waals surface area contributed by atoms with Gasteiger partial charge in [0.1, 0.15) is 17.9 Å². The molecule has 5 aromatic rings. The Morgan fingerprint density at radius 1 is 0.804 bits per heavy atom. The minimum atomic E-state index is -0.821. The number of imide groups is 1. The SMILES string of the molecule is C=C1CCC(N2C(=O)c3ccc(OC4CN(CCCCCOCCCCCOc5ccc(-c6ccc7c8cnccc8n(C)c7c6)cn5)C4)cc3C2=O)C(=O)N1. The number of aryl methyl sites for hydroxylation is 1. The zero-order chi connectivity index (χ0) is 38.6. The first-order valence-corrected chi connectivity index (χ1v) is 19.7. The molecule has 0 saturated carbocycles. The van der Waals surface area contributed by atoms with Crippen LogP contribution in [0.1, 0.15) is 72.1 Å². The quantitative estimate of drug-likeness (QED) is 0.0817. The number of likely N-dealkylation sites (tertiary alicyclic amines) is 1. The standard InChI is InChI=1S/C44H48N6O6/c1-29-9-15-39(42(51)47-29)50-43(52)35-14-12-32(24-36(35)44(50)53)56-33-27-49(28-33)19-5-3-6-20-54-21-7-4-8-22-55-41-16-11-31(25-46-41)30-10-13-34-37-26-45-18-17-38(37)48(2)40(34)23-30/h10-14,16-18,23-26,33,39H,1,3-9,15,19-22,27-28H2,2H3,(H,47,51). The molecule has 1 N–H and O–H groups in total. The topological polar surface area (TPSA) is 128 Å². The van der Waals surface area contributed by atoms with Crippen LogP contribution in [0.3, 0.4) is 0 Å².